The van der Waals surface area contributed by atoms with E-state index in [1.54, 1.807) is 0 Å². The van der Waals surface area contributed by atoms with Crippen LogP contribution >= 0.6 is 0 Å². The molecule has 80 valence electrons. The first-order chi connectivity index (χ1) is 6.37. The van der Waals surface area contributed by atoms with Crippen LogP contribution in [-0.4, -0.2) is 11.6 Å². The van der Waals surface area contributed by atoms with Gasteiger partial charge in [-0.15, -0.1) is 0 Å². The molecule has 2 heteroatoms. The number of carbonyl (C=O) groups excluding carboxylic acids is 1. The van der Waals surface area contributed by atoms with Gasteiger partial charge in [-0.05, 0) is 33.6 Å². The molecule has 0 saturated heterocycles. The molecule has 0 aliphatic rings. The molecule has 0 aromatic heterocycles. The van der Waals surface area contributed by atoms with Gasteiger partial charge in [0.15, 0.2) is 0 Å². The molecule has 0 atom stereocenters. The topological polar surface area (TPSA) is 26.3 Å². The number of rotatable bonds is 5. The van der Waals surface area contributed by atoms with Crippen LogP contribution in [0.4, 0.5) is 0 Å². The van der Waals surface area contributed by atoms with Crippen LogP contribution in [0.5, 0.6) is 0 Å². The monoisotopic (exact) mass is 196 g/mol. The Balaban J connectivity index is 3.99. The molecule has 0 N–H and O–H groups in total. The van der Waals surface area contributed by atoms with Crippen molar-refractivity contribution in [2.24, 2.45) is 0 Å². The summed E-state index contributed by atoms with van der Waals surface area (Å²) in [7, 11) is 0. The van der Waals surface area contributed by atoms with E-state index < -0.39 is 0 Å². The molecule has 2 nitrogen and oxygen atoms in total. The SMILES string of the molecule is C=C/C(C)=C/CCC(C)(C)OC(C)=O. The van der Waals surface area contributed by atoms with E-state index in [0.29, 0.717) is 0 Å². The van der Waals surface area contributed by atoms with Crippen LogP contribution in [0.1, 0.15) is 40.5 Å². The van der Waals surface area contributed by atoms with Crippen molar-refractivity contribution in [3.63, 3.8) is 0 Å². The van der Waals surface area contributed by atoms with Crippen molar-refractivity contribution in [3.8, 4) is 0 Å². The number of hydrogen-bond acceptors (Lipinski definition) is 2. The summed E-state index contributed by atoms with van der Waals surface area (Å²) in [5.74, 6) is -0.223. The molecule has 0 amide bonds. The van der Waals surface area contributed by atoms with Crippen LogP contribution < -0.4 is 0 Å². The highest BCUT2D eigenvalue weighted by Crippen LogP contribution is 2.17. The fourth-order valence-electron chi connectivity index (χ4n) is 1.17. The van der Waals surface area contributed by atoms with Gasteiger partial charge < -0.3 is 4.74 Å². The molecule has 0 rings (SSSR count). The predicted molar refractivity (Wildman–Crippen MR) is 59.0 cm³/mol. The van der Waals surface area contributed by atoms with Crippen molar-refractivity contribution in [1.29, 1.82) is 0 Å². The molecule has 0 unspecified atom stereocenters. The summed E-state index contributed by atoms with van der Waals surface area (Å²) in [6, 6.07) is 0. The Bertz CT molecular complexity index is 237. The summed E-state index contributed by atoms with van der Waals surface area (Å²) in [5.41, 5.74) is 0.785. The lowest BCUT2D eigenvalue weighted by atomic mass is 10.0. The van der Waals surface area contributed by atoms with Crippen molar-refractivity contribution in [2.45, 2.75) is 46.1 Å². The highest BCUT2D eigenvalue weighted by atomic mass is 16.6. The molecule has 0 aromatic carbocycles. The normalized spacial score (nSPS) is 12.4. The Labute approximate surface area is 86.6 Å². The minimum Gasteiger partial charge on any atom is -0.460 e. The molecule has 0 aromatic rings. The maximum Gasteiger partial charge on any atom is 0.303 e. The van der Waals surface area contributed by atoms with Gasteiger partial charge in [-0.25, -0.2) is 0 Å². The van der Waals surface area contributed by atoms with Crippen molar-refractivity contribution in [3.05, 3.63) is 24.3 Å². The fraction of sp³-hybridized carbons (Fsp3) is 0.583. The quantitative estimate of drug-likeness (QED) is 0.498. The third kappa shape index (κ3) is 6.46. The highest BCUT2D eigenvalue weighted by molar-refractivity contribution is 5.66. The second-order valence-electron chi connectivity index (χ2n) is 4.04. The van der Waals surface area contributed by atoms with E-state index in [0.717, 1.165) is 18.4 Å². The van der Waals surface area contributed by atoms with Crippen molar-refractivity contribution >= 4 is 5.97 Å². The smallest absolute Gasteiger partial charge is 0.303 e. The molecule has 0 bridgehead atoms. The molecule has 0 heterocycles. The van der Waals surface area contributed by atoms with Crippen LogP contribution in [0.2, 0.25) is 0 Å². The van der Waals surface area contributed by atoms with Gasteiger partial charge in [0.05, 0.1) is 0 Å². The van der Waals surface area contributed by atoms with Gasteiger partial charge in [-0.3, -0.25) is 4.79 Å². The van der Waals surface area contributed by atoms with Gasteiger partial charge in [-0.1, -0.05) is 24.3 Å². The third-order valence-electron chi connectivity index (χ3n) is 1.95. The first-order valence-corrected chi connectivity index (χ1v) is 4.86. The van der Waals surface area contributed by atoms with E-state index in [4.69, 9.17) is 4.74 Å². The van der Waals surface area contributed by atoms with Gasteiger partial charge in [0.1, 0.15) is 5.60 Å². The standard InChI is InChI=1S/C12H20O2/c1-6-10(2)8-7-9-12(4,5)14-11(3)13/h6,8H,1,7,9H2,2-5H3/b10-8+. The maximum atomic E-state index is 10.8. The van der Waals surface area contributed by atoms with E-state index in [9.17, 15) is 4.79 Å². The summed E-state index contributed by atoms with van der Waals surface area (Å²) < 4.78 is 5.16. The van der Waals surface area contributed by atoms with E-state index in [-0.39, 0.29) is 11.6 Å². The number of carbonyl (C=O) groups is 1. The summed E-state index contributed by atoms with van der Waals surface area (Å²) in [6.45, 7) is 11.0. The zero-order chi connectivity index (χ0) is 11.2. The number of esters is 1. The Kier molecular flexibility index (Phi) is 5.21. The van der Waals surface area contributed by atoms with E-state index in [2.05, 4.69) is 12.7 Å². The fourth-order valence-corrected chi connectivity index (χ4v) is 1.17. The average Bonchev–Trinajstić information content (AvgIpc) is 2.01. The number of allylic oxidation sites excluding steroid dienone is 3. The Morgan fingerprint density at radius 1 is 1.43 bits per heavy atom. The molecule has 14 heavy (non-hydrogen) atoms. The highest BCUT2D eigenvalue weighted by Gasteiger charge is 2.19. The Morgan fingerprint density at radius 2 is 2.00 bits per heavy atom. The van der Waals surface area contributed by atoms with Crippen LogP contribution in [0, 0.1) is 0 Å². The molecular formula is C12H20O2. The average molecular weight is 196 g/mol. The third-order valence-corrected chi connectivity index (χ3v) is 1.95. The number of hydrogen-bond donors (Lipinski definition) is 0. The van der Waals surface area contributed by atoms with Crippen molar-refractivity contribution in [1.82, 2.24) is 0 Å². The Hall–Kier alpha value is -1.05. The molecular weight excluding hydrogens is 176 g/mol. The lowest BCUT2D eigenvalue weighted by molar-refractivity contribution is -0.154. The summed E-state index contributed by atoms with van der Waals surface area (Å²) in [6.07, 6.45) is 5.65. The first-order valence-electron chi connectivity index (χ1n) is 4.86. The van der Waals surface area contributed by atoms with Crippen LogP contribution in [0.3, 0.4) is 0 Å². The van der Waals surface area contributed by atoms with Crippen LogP contribution in [0.15, 0.2) is 24.3 Å². The molecule has 0 saturated carbocycles. The molecule has 0 aliphatic carbocycles. The lowest BCUT2D eigenvalue weighted by Gasteiger charge is -2.23. The lowest BCUT2D eigenvalue weighted by Crippen LogP contribution is -2.26. The zero-order valence-electron chi connectivity index (χ0n) is 9.59. The molecule has 0 radical (unpaired) electrons. The second-order valence-corrected chi connectivity index (χ2v) is 4.04. The summed E-state index contributed by atoms with van der Waals surface area (Å²) >= 11 is 0. The van der Waals surface area contributed by atoms with Crippen molar-refractivity contribution in [2.75, 3.05) is 0 Å². The maximum absolute atomic E-state index is 10.8. The van der Waals surface area contributed by atoms with Gasteiger partial charge in [0.25, 0.3) is 0 Å². The van der Waals surface area contributed by atoms with Gasteiger partial charge in [0, 0.05) is 6.92 Å². The minimum absolute atomic E-state index is 0.223. The van der Waals surface area contributed by atoms with E-state index >= 15 is 0 Å². The van der Waals surface area contributed by atoms with E-state index in [1.807, 2.05) is 26.8 Å². The largest absolute Gasteiger partial charge is 0.460 e. The predicted octanol–water partition coefficient (Wildman–Crippen LogP) is 3.24. The summed E-state index contributed by atoms with van der Waals surface area (Å²) in [5, 5.41) is 0. The van der Waals surface area contributed by atoms with E-state index in [1.165, 1.54) is 6.92 Å². The summed E-state index contributed by atoms with van der Waals surface area (Å²) in [4.78, 5) is 10.8. The zero-order valence-corrected chi connectivity index (χ0v) is 9.59. The van der Waals surface area contributed by atoms with Crippen molar-refractivity contribution < 1.29 is 9.53 Å². The second kappa shape index (κ2) is 5.63. The van der Waals surface area contributed by atoms with Gasteiger partial charge in [-0.2, -0.15) is 0 Å². The minimum atomic E-state index is -0.371. The number of ether oxygens (including phenoxy) is 1. The first kappa shape index (κ1) is 12.9. The molecule has 0 aliphatic heterocycles. The Morgan fingerprint density at radius 3 is 2.43 bits per heavy atom. The van der Waals surface area contributed by atoms with Gasteiger partial charge >= 0.3 is 5.97 Å². The molecule has 0 spiro atoms. The van der Waals surface area contributed by atoms with Crippen LogP contribution in [0.25, 0.3) is 0 Å². The molecule has 0 fully saturated rings. The van der Waals surface area contributed by atoms with Crippen LogP contribution in [-0.2, 0) is 9.53 Å². The van der Waals surface area contributed by atoms with Gasteiger partial charge in [0.2, 0.25) is 0 Å².